The molecule has 1 fully saturated rings. The van der Waals surface area contributed by atoms with E-state index in [0.717, 1.165) is 48.1 Å². The molecule has 2 heterocycles. The number of halogens is 1. The van der Waals surface area contributed by atoms with Gasteiger partial charge in [-0.15, -0.1) is 0 Å². The van der Waals surface area contributed by atoms with E-state index >= 15 is 0 Å². The summed E-state index contributed by atoms with van der Waals surface area (Å²) in [5, 5.41) is 1.68. The number of piperidine rings is 1. The summed E-state index contributed by atoms with van der Waals surface area (Å²) in [5.74, 6) is 0.899. The lowest BCUT2D eigenvalue weighted by Crippen LogP contribution is -2.36. The highest BCUT2D eigenvalue weighted by Gasteiger charge is 2.24. The lowest BCUT2D eigenvalue weighted by molar-refractivity contribution is 0.0714. The van der Waals surface area contributed by atoms with Crippen LogP contribution in [-0.4, -0.2) is 35.1 Å². The SMILES string of the molecule is CCOc1cccc2c1cc(C(=O)N1CCCCC1)n2Cc1ccccc1Cl. The Labute approximate surface area is 170 Å². The molecule has 1 aromatic heterocycles. The molecule has 0 saturated carbocycles. The third-order valence-electron chi connectivity index (χ3n) is 5.35. The van der Waals surface area contributed by atoms with Crippen LogP contribution in [0.3, 0.4) is 0 Å². The Morgan fingerprint density at radius 3 is 2.61 bits per heavy atom. The molecule has 1 saturated heterocycles. The molecule has 0 radical (unpaired) electrons. The predicted octanol–water partition coefficient (Wildman–Crippen LogP) is 5.37. The van der Waals surface area contributed by atoms with Crippen LogP contribution in [0.2, 0.25) is 5.02 Å². The number of amides is 1. The van der Waals surface area contributed by atoms with E-state index in [2.05, 4.69) is 4.57 Å². The summed E-state index contributed by atoms with van der Waals surface area (Å²) < 4.78 is 7.90. The number of carbonyl (C=O) groups is 1. The largest absolute Gasteiger partial charge is 0.493 e. The van der Waals surface area contributed by atoms with Gasteiger partial charge in [0.2, 0.25) is 0 Å². The van der Waals surface area contributed by atoms with Gasteiger partial charge in [0.25, 0.3) is 5.91 Å². The van der Waals surface area contributed by atoms with E-state index in [1.54, 1.807) is 0 Å². The smallest absolute Gasteiger partial charge is 0.270 e. The van der Waals surface area contributed by atoms with Gasteiger partial charge < -0.3 is 14.2 Å². The van der Waals surface area contributed by atoms with Crippen LogP contribution in [0.4, 0.5) is 0 Å². The molecule has 0 bridgehead atoms. The van der Waals surface area contributed by atoms with Crippen molar-refractivity contribution < 1.29 is 9.53 Å². The van der Waals surface area contributed by atoms with E-state index in [1.807, 2.05) is 60.4 Å². The van der Waals surface area contributed by atoms with Crippen molar-refractivity contribution in [3.05, 3.63) is 64.8 Å². The molecule has 3 aromatic rings. The Morgan fingerprint density at radius 2 is 1.86 bits per heavy atom. The van der Waals surface area contributed by atoms with Crippen LogP contribution < -0.4 is 4.74 Å². The number of benzene rings is 2. The summed E-state index contributed by atoms with van der Waals surface area (Å²) in [5.41, 5.74) is 2.69. The van der Waals surface area contributed by atoms with Crippen LogP contribution in [0.1, 0.15) is 42.2 Å². The average Bonchev–Trinajstić information content (AvgIpc) is 3.09. The molecule has 146 valence electrons. The van der Waals surface area contributed by atoms with E-state index in [1.165, 1.54) is 6.42 Å². The summed E-state index contributed by atoms with van der Waals surface area (Å²) >= 11 is 6.42. The number of fused-ring (bicyclic) bond motifs is 1. The van der Waals surface area contributed by atoms with Gasteiger partial charge >= 0.3 is 0 Å². The van der Waals surface area contributed by atoms with Gasteiger partial charge in [-0.25, -0.2) is 0 Å². The molecule has 0 aliphatic carbocycles. The second-order valence-corrected chi connectivity index (χ2v) is 7.59. The average molecular weight is 397 g/mol. The van der Waals surface area contributed by atoms with Crippen molar-refractivity contribution in [3.8, 4) is 5.75 Å². The molecule has 0 unspecified atom stereocenters. The maximum absolute atomic E-state index is 13.4. The zero-order chi connectivity index (χ0) is 19.5. The minimum Gasteiger partial charge on any atom is -0.493 e. The minimum atomic E-state index is 0.0883. The first-order valence-corrected chi connectivity index (χ1v) is 10.3. The van der Waals surface area contributed by atoms with Crippen molar-refractivity contribution in [1.82, 2.24) is 9.47 Å². The maximum Gasteiger partial charge on any atom is 0.270 e. The van der Waals surface area contributed by atoms with Crippen LogP contribution in [0.5, 0.6) is 5.75 Å². The summed E-state index contributed by atoms with van der Waals surface area (Å²) in [6, 6.07) is 15.8. The summed E-state index contributed by atoms with van der Waals surface area (Å²) in [4.78, 5) is 15.3. The first-order chi connectivity index (χ1) is 13.7. The molecule has 4 rings (SSSR count). The van der Waals surface area contributed by atoms with Crippen LogP contribution in [0.15, 0.2) is 48.5 Å². The van der Waals surface area contributed by atoms with Crippen molar-refractivity contribution in [2.45, 2.75) is 32.7 Å². The van der Waals surface area contributed by atoms with E-state index in [4.69, 9.17) is 16.3 Å². The fourth-order valence-corrected chi connectivity index (χ4v) is 4.14. The number of aromatic nitrogens is 1. The Bertz CT molecular complexity index is 989. The molecule has 0 spiro atoms. The molecule has 1 amide bonds. The first-order valence-electron chi connectivity index (χ1n) is 9.96. The maximum atomic E-state index is 13.4. The third kappa shape index (κ3) is 3.61. The zero-order valence-corrected chi connectivity index (χ0v) is 16.9. The van der Waals surface area contributed by atoms with Gasteiger partial charge in [0.05, 0.1) is 12.1 Å². The molecule has 1 aliphatic rings. The van der Waals surface area contributed by atoms with E-state index in [0.29, 0.717) is 23.9 Å². The fraction of sp³-hybridized carbons (Fsp3) is 0.348. The number of hydrogen-bond acceptors (Lipinski definition) is 2. The van der Waals surface area contributed by atoms with Gasteiger partial charge in [0, 0.05) is 30.0 Å². The number of ether oxygens (including phenoxy) is 1. The van der Waals surface area contributed by atoms with E-state index in [-0.39, 0.29) is 5.91 Å². The van der Waals surface area contributed by atoms with Gasteiger partial charge in [-0.1, -0.05) is 35.9 Å². The molecular weight excluding hydrogens is 372 g/mol. The monoisotopic (exact) mass is 396 g/mol. The normalized spacial score (nSPS) is 14.4. The van der Waals surface area contributed by atoms with Crippen molar-refractivity contribution in [3.63, 3.8) is 0 Å². The number of nitrogens with zero attached hydrogens (tertiary/aromatic N) is 2. The predicted molar refractivity (Wildman–Crippen MR) is 113 cm³/mol. The third-order valence-corrected chi connectivity index (χ3v) is 5.72. The summed E-state index contributed by atoms with van der Waals surface area (Å²) in [6.45, 7) is 4.76. The highest BCUT2D eigenvalue weighted by molar-refractivity contribution is 6.31. The fourth-order valence-electron chi connectivity index (χ4n) is 3.94. The van der Waals surface area contributed by atoms with Crippen molar-refractivity contribution in [2.75, 3.05) is 19.7 Å². The minimum absolute atomic E-state index is 0.0883. The highest BCUT2D eigenvalue weighted by atomic mass is 35.5. The van der Waals surface area contributed by atoms with Gasteiger partial charge in [-0.2, -0.15) is 0 Å². The Hall–Kier alpha value is -2.46. The molecular formula is C23H25ClN2O2. The van der Waals surface area contributed by atoms with Crippen molar-refractivity contribution in [1.29, 1.82) is 0 Å². The summed E-state index contributed by atoms with van der Waals surface area (Å²) in [6.07, 6.45) is 3.34. The Kier molecular flexibility index (Phi) is 5.58. The molecule has 28 heavy (non-hydrogen) atoms. The van der Waals surface area contributed by atoms with Gasteiger partial charge in [-0.3, -0.25) is 4.79 Å². The van der Waals surface area contributed by atoms with E-state index < -0.39 is 0 Å². The number of hydrogen-bond donors (Lipinski definition) is 0. The summed E-state index contributed by atoms with van der Waals surface area (Å²) in [7, 11) is 0. The quantitative estimate of drug-likeness (QED) is 0.581. The van der Waals surface area contributed by atoms with Gasteiger partial charge in [0.15, 0.2) is 0 Å². The molecule has 2 aromatic carbocycles. The number of carbonyl (C=O) groups excluding carboxylic acids is 1. The molecule has 5 heteroatoms. The van der Waals surface area contributed by atoms with Gasteiger partial charge in [-0.05, 0) is 56.0 Å². The lowest BCUT2D eigenvalue weighted by Gasteiger charge is -2.27. The second-order valence-electron chi connectivity index (χ2n) is 7.18. The zero-order valence-electron chi connectivity index (χ0n) is 16.2. The lowest BCUT2D eigenvalue weighted by atomic mass is 10.1. The van der Waals surface area contributed by atoms with Gasteiger partial charge in [0.1, 0.15) is 11.4 Å². The van der Waals surface area contributed by atoms with Crippen LogP contribution >= 0.6 is 11.6 Å². The number of likely N-dealkylation sites (tertiary alicyclic amines) is 1. The van der Waals surface area contributed by atoms with Crippen LogP contribution in [0, 0.1) is 0 Å². The van der Waals surface area contributed by atoms with E-state index in [9.17, 15) is 4.79 Å². The first kappa shape index (κ1) is 18.9. The topological polar surface area (TPSA) is 34.5 Å². The van der Waals surface area contributed by atoms with Crippen LogP contribution in [-0.2, 0) is 6.54 Å². The molecule has 0 atom stereocenters. The molecule has 1 aliphatic heterocycles. The van der Waals surface area contributed by atoms with Crippen molar-refractivity contribution in [2.24, 2.45) is 0 Å². The standard InChI is InChI=1S/C23H25ClN2O2/c1-2-28-22-12-8-11-20-18(22)15-21(23(27)25-13-6-3-7-14-25)26(20)16-17-9-4-5-10-19(17)24/h4-5,8-12,15H,2-3,6-7,13-14,16H2,1H3. The Morgan fingerprint density at radius 1 is 1.07 bits per heavy atom. The van der Waals surface area contributed by atoms with Crippen molar-refractivity contribution >= 4 is 28.4 Å². The Balaban J connectivity index is 1.83. The highest BCUT2D eigenvalue weighted by Crippen LogP contribution is 2.31. The molecule has 0 N–H and O–H groups in total. The molecule has 4 nitrogen and oxygen atoms in total. The number of rotatable bonds is 5. The second kappa shape index (κ2) is 8.27. The van der Waals surface area contributed by atoms with Crippen LogP contribution in [0.25, 0.3) is 10.9 Å².